The van der Waals surface area contributed by atoms with Crippen LogP contribution in [0, 0.1) is 0 Å². The maximum atomic E-state index is 12.5. The van der Waals surface area contributed by atoms with E-state index in [4.69, 9.17) is 0 Å². The van der Waals surface area contributed by atoms with Crippen molar-refractivity contribution in [2.45, 2.75) is 11.3 Å². The Morgan fingerprint density at radius 2 is 1.46 bits per heavy atom. The zero-order valence-electron chi connectivity index (χ0n) is 12.8. The lowest BCUT2D eigenvalue weighted by Crippen LogP contribution is -2.27. The van der Waals surface area contributed by atoms with Crippen molar-refractivity contribution in [1.29, 1.82) is 0 Å². The Balaban J connectivity index is 1.73. The summed E-state index contributed by atoms with van der Waals surface area (Å²) in [5.74, 6) is 0. The summed E-state index contributed by atoms with van der Waals surface area (Å²) in [6.45, 7) is 0. The molecule has 4 rings (SSSR count). The number of hydrogen-bond acceptors (Lipinski definition) is 3. The minimum Gasteiger partial charge on any atom is -0.274 e. The van der Waals surface area contributed by atoms with Crippen LogP contribution in [0.25, 0.3) is 11.1 Å². The van der Waals surface area contributed by atoms with Crippen molar-refractivity contribution in [2.75, 3.05) is 4.47 Å². The largest absolute Gasteiger partial charge is 0.286 e. The number of rotatable bonds is 3. The van der Waals surface area contributed by atoms with Crippen LogP contribution in [0.5, 0.6) is 0 Å². The first kappa shape index (κ1) is 14.9. The van der Waals surface area contributed by atoms with Gasteiger partial charge in [0.05, 0.1) is 10.6 Å². The molecule has 0 aromatic heterocycles. The minimum atomic E-state index is -3.99. The lowest BCUT2D eigenvalue weighted by atomic mass is 10.1. The molecule has 0 heterocycles. The maximum Gasteiger partial charge on any atom is 0.286 e. The molecular formula is C19H15NO3S. The van der Waals surface area contributed by atoms with E-state index in [2.05, 4.69) is 12.1 Å². The molecule has 0 atom stereocenters. The van der Waals surface area contributed by atoms with E-state index in [1.807, 2.05) is 18.2 Å². The third-order valence-corrected chi connectivity index (χ3v) is 5.80. The van der Waals surface area contributed by atoms with Crippen molar-refractivity contribution in [3.05, 3.63) is 83.9 Å². The number of sulfonamides is 1. The summed E-state index contributed by atoms with van der Waals surface area (Å²) in [6, 6.07) is 21.2. The second kappa shape index (κ2) is 5.47. The molecule has 0 saturated carbocycles. The van der Waals surface area contributed by atoms with Crippen molar-refractivity contribution in [2.24, 2.45) is 0 Å². The van der Waals surface area contributed by atoms with Crippen LogP contribution in [0.4, 0.5) is 5.69 Å². The molecule has 1 aliphatic carbocycles. The van der Waals surface area contributed by atoms with Gasteiger partial charge in [0, 0.05) is 0 Å². The molecule has 0 radical (unpaired) electrons. The summed E-state index contributed by atoms with van der Waals surface area (Å²) >= 11 is 0. The van der Waals surface area contributed by atoms with Crippen molar-refractivity contribution in [3.8, 4) is 11.1 Å². The van der Waals surface area contributed by atoms with E-state index in [-0.39, 0.29) is 10.6 Å². The van der Waals surface area contributed by atoms with E-state index >= 15 is 0 Å². The monoisotopic (exact) mass is 337 g/mol. The van der Waals surface area contributed by atoms with E-state index < -0.39 is 10.0 Å². The second-order valence-corrected chi connectivity index (χ2v) is 7.50. The molecule has 1 N–H and O–H groups in total. The molecule has 0 aliphatic heterocycles. The molecule has 0 spiro atoms. The highest BCUT2D eigenvalue weighted by Crippen LogP contribution is 2.38. The molecule has 3 aromatic rings. The minimum absolute atomic E-state index is 0.0521. The Labute approximate surface area is 140 Å². The Morgan fingerprint density at radius 3 is 2.25 bits per heavy atom. The molecule has 0 unspecified atom stereocenters. The Hall–Kier alpha value is -2.63. The SMILES string of the molecule is O=S(=O)(c1ccccc1)N(O)c1ccc2c(c1)Cc1ccccc1-2. The van der Waals surface area contributed by atoms with Gasteiger partial charge in [0.15, 0.2) is 0 Å². The maximum absolute atomic E-state index is 12.5. The van der Waals surface area contributed by atoms with Crippen molar-refractivity contribution >= 4 is 15.7 Å². The van der Waals surface area contributed by atoms with Gasteiger partial charge in [-0.3, -0.25) is 5.21 Å². The molecule has 0 fully saturated rings. The fourth-order valence-corrected chi connectivity index (χ4v) is 4.17. The standard InChI is InChI=1S/C19H15NO3S/c21-20(24(22,23)17-7-2-1-3-8-17)16-10-11-19-15(13-16)12-14-6-4-5-9-18(14)19/h1-11,13,21H,12H2. The summed E-state index contributed by atoms with van der Waals surface area (Å²) in [6.07, 6.45) is 0.735. The van der Waals surface area contributed by atoms with Gasteiger partial charge in [-0.05, 0) is 52.9 Å². The zero-order chi connectivity index (χ0) is 16.7. The van der Waals surface area contributed by atoms with Crippen molar-refractivity contribution < 1.29 is 13.6 Å². The molecule has 0 amide bonds. The van der Waals surface area contributed by atoms with Gasteiger partial charge in [-0.1, -0.05) is 48.5 Å². The predicted molar refractivity (Wildman–Crippen MR) is 92.6 cm³/mol. The molecule has 3 aromatic carbocycles. The van der Waals surface area contributed by atoms with Gasteiger partial charge in [0.25, 0.3) is 10.0 Å². The summed E-state index contributed by atoms with van der Waals surface area (Å²) in [5.41, 5.74) is 4.70. The fourth-order valence-electron chi connectivity index (χ4n) is 3.08. The number of benzene rings is 3. The van der Waals surface area contributed by atoms with Gasteiger partial charge >= 0.3 is 0 Å². The number of nitrogens with zero attached hydrogens (tertiary/aromatic N) is 1. The second-order valence-electron chi connectivity index (χ2n) is 5.74. The topological polar surface area (TPSA) is 57.6 Å². The van der Waals surface area contributed by atoms with Gasteiger partial charge in [-0.25, -0.2) is 0 Å². The molecule has 120 valence electrons. The summed E-state index contributed by atoms with van der Waals surface area (Å²) < 4.78 is 25.4. The smallest absolute Gasteiger partial charge is 0.274 e. The van der Waals surface area contributed by atoms with Gasteiger partial charge in [0.2, 0.25) is 0 Å². The number of hydrogen-bond donors (Lipinski definition) is 1. The van der Waals surface area contributed by atoms with E-state index in [1.165, 1.54) is 17.7 Å². The van der Waals surface area contributed by atoms with E-state index in [0.717, 1.165) is 23.1 Å². The molecule has 24 heavy (non-hydrogen) atoms. The highest BCUT2D eigenvalue weighted by atomic mass is 32.2. The quantitative estimate of drug-likeness (QED) is 0.578. The van der Waals surface area contributed by atoms with E-state index in [1.54, 1.807) is 30.3 Å². The summed E-state index contributed by atoms with van der Waals surface area (Å²) in [5, 5.41) is 10.3. The fraction of sp³-hybridized carbons (Fsp3) is 0.0526. The van der Waals surface area contributed by atoms with E-state index in [0.29, 0.717) is 4.47 Å². The molecule has 5 heteroatoms. The Morgan fingerprint density at radius 1 is 0.792 bits per heavy atom. The zero-order valence-corrected chi connectivity index (χ0v) is 13.6. The van der Waals surface area contributed by atoms with Crippen LogP contribution < -0.4 is 4.47 Å². The highest BCUT2D eigenvalue weighted by molar-refractivity contribution is 7.92. The molecule has 0 bridgehead atoms. The van der Waals surface area contributed by atoms with Crippen molar-refractivity contribution in [3.63, 3.8) is 0 Å². The van der Waals surface area contributed by atoms with Crippen LogP contribution in [0.15, 0.2) is 77.7 Å². The lowest BCUT2D eigenvalue weighted by molar-refractivity contribution is 0.316. The van der Waals surface area contributed by atoms with Crippen LogP contribution in [0.3, 0.4) is 0 Å². The van der Waals surface area contributed by atoms with Gasteiger partial charge in [-0.2, -0.15) is 8.42 Å². The molecule has 1 aliphatic rings. The molecule has 0 saturated heterocycles. The van der Waals surface area contributed by atoms with Gasteiger partial charge in [-0.15, -0.1) is 4.47 Å². The average molecular weight is 337 g/mol. The van der Waals surface area contributed by atoms with Crippen LogP contribution in [-0.4, -0.2) is 13.6 Å². The van der Waals surface area contributed by atoms with Crippen LogP contribution in [0.1, 0.15) is 11.1 Å². The first-order valence-electron chi connectivity index (χ1n) is 7.58. The first-order chi connectivity index (χ1) is 11.6. The normalized spacial score (nSPS) is 12.5. The van der Waals surface area contributed by atoms with Gasteiger partial charge < -0.3 is 0 Å². The predicted octanol–water partition coefficient (Wildman–Crippen LogP) is 3.84. The van der Waals surface area contributed by atoms with Crippen LogP contribution >= 0.6 is 0 Å². The third-order valence-electron chi connectivity index (χ3n) is 4.27. The summed E-state index contributed by atoms with van der Waals surface area (Å²) in [7, 11) is -3.99. The molecule has 4 nitrogen and oxygen atoms in total. The molecular weight excluding hydrogens is 322 g/mol. The number of fused-ring (bicyclic) bond motifs is 3. The van der Waals surface area contributed by atoms with Crippen LogP contribution in [-0.2, 0) is 16.4 Å². The van der Waals surface area contributed by atoms with Crippen LogP contribution in [0.2, 0.25) is 0 Å². The first-order valence-corrected chi connectivity index (χ1v) is 9.02. The Kier molecular flexibility index (Phi) is 3.40. The highest BCUT2D eigenvalue weighted by Gasteiger charge is 2.25. The Bertz CT molecular complexity index is 1010. The third kappa shape index (κ3) is 2.29. The van der Waals surface area contributed by atoms with Crippen molar-refractivity contribution in [1.82, 2.24) is 0 Å². The number of anilines is 1. The lowest BCUT2D eigenvalue weighted by Gasteiger charge is -2.18. The van der Waals surface area contributed by atoms with E-state index in [9.17, 15) is 13.6 Å². The average Bonchev–Trinajstić information content (AvgIpc) is 2.99. The summed E-state index contributed by atoms with van der Waals surface area (Å²) in [4.78, 5) is 0.0521. The van der Waals surface area contributed by atoms with Gasteiger partial charge in [0.1, 0.15) is 0 Å².